The molecule has 21 heavy (non-hydrogen) atoms. The van der Waals surface area contributed by atoms with Gasteiger partial charge in [-0.15, -0.1) is 11.3 Å². The molecule has 3 rings (SSSR count). The number of halogens is 3. The second kappa shape index (κ2) is 5.66. The third kappa shape index (κ3) is 3.19. The molecule has 0 N–H and O–H groups in total. The summed E-state index contributed by atoms with van der Waals surface area (Å²) in [6.07, 6.45) is -2.89. The third-order valence-electron chi connectivity index (χ3n) is 3.55. The van der Waals surface area contributed by atoms with Crippen LogP contribution in [0.2, 0.25) is 0 Å². The fourth-order valence-electron chi connectivity index (χ4n) is 2.54. The van der Waals surface area contributed by atoms with Crippen molar-refractivity contribution in [3.63, 3.8) is 0 Å². The third-order valence-corrected chi connectivity index (χ3v) is 4.50. The van der Waals surface area contributed by atoms with Gasteiger partial charge in [-0.25, -0.2) is 0 Å². The van der Waals surface area contributed by atoms with Gasteiger partial charge >= 0.3 is 6.18 Å². The number of alkyl halides is 3. The molecule has 110 valence electrons. The van der Waals surface area contributed by atoms with Crippen LogP contribution < -0.4 is 0 Å². The van der Waals surface area contributed by atoms with Gasteiger partial charge in [0.15, 0.2) is 0 Å². The number of hydrogen-bond donors (Lipinski definition) is 0. The normalized spacial score (nSPS) is 19.8. The van der Waals surface area contributed by atoms with Gasteiger partial charge < -0.3 is 0 Å². The van der Waals surface area contributed by atoms with E-state index in [-0.39, 0.29) is 12.6 Å². The van der Waals surface area contributed by atoms with Crippen molar-refractivity contribution in [3.8, 4) is 0 Å². The Balaban J connectivity index is 1.86. The average molecular weight is 309 g/mol. The van der Waals surface area contributed by atoms with E-state index in [4.69, 9.17) is 0 Å². The van der Waals surface area contributed by atoms with Crippen LogP contribution in [0, 0.1) is 0 Å². The molecule has 0 bridgehead atoms. The van der Waals surface area contributed by atoms with Crippen molar-refractivity contribution in [1.29, 1.82) is 0 Å². The molecule has 2 aromatic rings. The van der Waals surface area contributed by atoms with Gasteiger partial charge in [0.2, 0.25) is 0 Å². The van der Waals surface area contributed by atoms with Crippen molar-refractivity contribution < 1.29 is 13.2 Å². The minimum absolute atomic E-state index is 0.0546. The Morgan fingerprint density at radius 2 is 1.86 bits per heavy atom. The lowest BCUT2D eigenvalue weighted by molar-refractivity contribution is -0.0937. The van der Waals surface area contributed by atoms with Gasteiger partial charge in [-0.05, 0) is 17.0 Å². The number of benzene rings is 1. The van der Waals surface area contributed by atoms with Crippen molar-refractivity contribution in [1.82, 2.24) is 4.90 Å². The number of thiophene rings is 1. The lowest BCUT2D eigenvalue weighted by atomic mass is 10.2. The van der Waals surface area contributed by atoms with E-state index in [0.29, 0.717) is 6.54 Å². The smallest absolute Gasteiger partial charge is 0.284 e. The van der Waals surface area contributed by atoms with Gasteiger partial charge in [0, 0.05) is 23.5 Å². The molecule has 1 aromatic heterocycles. The highest BCUT2D eigenvalue weighted by molar-refractivity contribution is 7.10. The fourth-order valence-corrected chi connectivity index (χ4v) is 3.37. The van der Waals surface area contributed by atoms with Crippen LogP contribution in [0.4, 0.5) is 13.2 Å². The predicted octanol–water partition coefficient (Wildman–Crippen LogP) is 4.79. The van der Waals surface area contributed by atoms with Crippen LogP contribution in [0.1, 0.15) is 16.5 Å². The van der Waals surface area contributed by atoms with Crippen LogP contribution in [0.15, 0.2) is 59.5 Å². The summed E-state index contributed by atoms with van der Waals surface area (Å²) in [4.78, 5) is 2.81. The summed E-state index contributed by atoms with van der Waals surface area (Å²) in [7, 11) is 0. The molecular weight excluding hydrogens is 295 g/mol. The Hall–Kier alpha value is -1.59. The molecule has 0 spiro atoms. The van der Waals surface area contributed by atoms with Crippen molar-refractivity contribution in [2.75, 3.05) is 6.54 Å². The summed E-state index contributed by atoms with van der Waals surface area (Å²) in [6.45, 7) is 0.459. The second-order valence-corrected chi connectivity index (χ2v) is 6.02. The fraction of sp³-hybridized carbons (Fsp3) is 0.250. The van der Waals surface area contributed by atoms with E-state index in [1.54, 1.807) is 0 Å². The predicted molar refractivity (Wildman–Crippen MR) is 78.1 cm³/mol. The topological polar surface area (TPSA) is 3.24 Å². The molecule has 0 aliphatic carbocycles. The minimum Gasteiger partial charge on any atom is -0.284 e. The summed E-state index contributed by atoms with van der Waals surface area (Å²) in [5, 5.41) is 1.90. The number of rotatable bonds is 3. The van der Waals surface area contributed by atoms with Crippen molar-refractivity contribution in [3.05, 3.63) is 69.9 Å². The molecule has 0 radical (unpaired) electrons. The van der Waals surface area contributed by atoms with E-state index in [2.05, 4.69) is 0 Å². The quantitative estimate of drug-likeness (QED) is 0.737. The molecule has 2 heterocycles. The van der Waals surface area contributed by atoms with Gasteiger partial charge in [-0.2, -0.15) is 13.2 Å². The first-order valence-electron chi connectivity index (χ1n) is 6.63. The van der Waals surface area contributed by atoms with Gasteiger partial charge in [-0.3, -0.25) is 4.90 Å². The van der Waals surface area contributed by atoms with Crippen LogP contribution in [-0.4, -0.2) is 17.6 Å². The first kappa shape index (κ1) is 14.4. The highest BCUT2D eigenvalue weighted by Crippen LogP contribution is 2.39. The van der Waals surface area contributed by atoms with Crippen LogP contribution in [0.3, 0.4) is 0 Å². The molecule has 1 aromatic carbocycles. The number of nitrogens with zero attached hydrogens (tertiary/aromatic N) is 1. The Labute approximate surface area is 125 Å². The second-order valence-electron chi connectivity index (χ2n) is 5.04. The summed E-state index contributed by atoms with van der Waals surface area (Å²) in [5.41, 5.74) is 0.577. The number of hydrogen-bond acceptors (Lipinski definition) is 2. The van der Waals surface area contributed by atoms with Gasteiger partial charge in [0.25, 0.3) is 0 Å². The minimum atomic E-state index is -4.25. The van der Waals surface area contributed by atoms with Gasteiger partial charge in [-0.1, -0.05) is 42.5 Å². The van der Waals surface area contributed by atoms with Crippen molar-refractivity contribution in [2.45, 2.75) is 18.8 Å². The van der Waals surface area contributed by atoms with Crippen molar-refractivity contribution >= 4 is 11.3 Å². The lowest BCUT2D eigenvalue weighted by Crippen LogP contribution is -2.26. The van der Waals surface area contributed by atoms with Gasteiger partial charge in [0.05, 0.1) is 6.04 Å². The van der Waals surface area contributed by atoms with E-state index in [1.165, 1.54) is 17.4 Å². The molecule has 1 aliphatic rings. The van der Waals surface area contributed by atoms with E-state index in [1.807, 2.05) is 52.7 Å². The van der Waals surface area contributed by atoms with Gasteiger partial charge in [0.1, 0.15) is 0 Å². The summed E-state index contributed by atoms with van der Waals surface area (Å²) >= 11 is 1.49. The first-order valence-corrected chi connectivity index (χ1v) is 7.51. The van der Waals surface area contributed by atoms with E-state index in [9.17, 15) is 13.2 Å². The maximum Gasteiger partial charge on any atom is 0.413 e. The SMILES string of the molecule is FC(F)(F)C1=C[C@@H](c2cccs2)N(Cc2ccccc2)C1. The molecule has 1 atom stereocenters. The monoisotopic (exact) mass is 309 g/mol. The Kier molecular flexibility index (Phi) is 3.87. The average Bonchev–Trinajstić information content (AvgIpc) is 3.07. The maximum absolute atomic E-state index is 13.0. The van der Waals surface area contributed by atoms with Crippen LogP contribution in [-0.2, 0) is 6.54 Å². The zero-order valence-electron chi connectivity index (χ0n) is 11.2. The highest BCUT2D eigenvalue weighted by atomic mass is 32.1. The largest absolute Gasteiger partial charge is 0.413 e. The molecule has 1 nitrogen and oxygen atoms in total. The molecule has 0 amide bonds. The Morgan fingerprint density at radius 1 is 1.10 bits per heavy atom. The standard InChI is InChI=1S/C16H14F3NS/c17-16(18,19)13-9-14(15-7-4-8-21-15)20(11-13)10-12-5-2-1-3-6-12/h1-9,14H,10-11H2/t14-/m0/s1. The molecule has 0 saturated heterocycles. The van der Waals surface area contributed by atoms with Crippen LogP contribution in [0.25, 0.3) is 0 Å². The van der Waals surface area contributed by atoms with Crippen LogP contribution >= 0.6 is 11.3 Å². The Bertz CT molecular complexity index is 617. The van der Waals surface area contributed by atoms with Crippen molar-refractivity contribution in [2.24, 2.45) is 0 Å². The maximum atomic E-state index is 13.0. The molecule has 0 unspecified atom stereocenters. The van der Waals surface area contributed by atoms with E-state index < -0.39 is 11.7 Å². The first-order chi connectivity index (χ1) is 10.0. The Morgan fingerprint density at radius 3 is 2.48 bits per heavy atom. The molecular formula is C16H14F3NS. The summed E-state index contributed by atoms with van der Waals surface area (Å²) < 4.78 is 39.0. The summed E-state index contributed by atoms with van der Waals surface area (Å²) in [5.74, 6) is 0. The lowest BCUT2D eigenvalue weighted by Gasteiger charge is -2.24. The zero-order chi connectivity index (χ0) is 14.9. The molecule has 5 heteroatoms. The zero-order valence-corrected chi connectivity index (χ0v) is 12.0. The highest BCUT2D eigenvalue weighted by Gasteiger charge is 2.40. The molecule has 1 aliphatic heterocycles. The summed E-state index contributed by atoms with van der Waals surface area (Å²) in [6, 6.07) is 13.1. The van der Waals surface area contributed by atoms with E-state index >= 15 is 0 Å². The van der Waals surface area contributed by atoms with Crippen LogP contribution in [0.5, 0.6) is 0 Å². The van der Waals surface area contributed by atoms with E-state index in [0.717, 1.165) is 10.4 Å². The molecule has 0 fully saturated rings. The molecule has 0 saturated carbocycles.